The van der Waals surface area contributed by atoms with Crippen molar-refractivity contribution in [3.63, 3.8) is 0 Å². The molecule has 1 N–H and O–H groups in total. The van der Waals surface area contributed by atoms with Crippen LogP contribution in [0.1, 0.15) is 17.5 Å². The predicted octanol–water partition coefficient (Wildman–Crippen LogP) is 5.94. The number of rotatable bonds is 7. The molecule has 0 aliphatic carbocycles. The number of hydrogen-bond donors (Lipinski definition) is 1. The Kier molecular flexibility index (Phi) is 7.82. The molecule has 1 saturated heterocycles. The zero-order valence-corrected chi connectivity index (χ0v) is 21.2. The summed E-state index contributed by atoms with van der Waals surface area (Å²) in [6.07, 6.45) is 0.00146. The first-order chi connectivity index (χ1) is 17.2. The van der Waals surface area contributed by atoms with Crippen molar-refractivity contribution < 1.29 is 23.9 Å². The molecular formula is C27H24Cl2N2O5. The summed E-state index contributed by atoms with van der Waals surface area (Å²) in [5.41, 5.74) is 3.29. The number of halogens is 2. The van der Waals surface area contributed by atoms with Crippen LogP contribution in [0, 0.1) is 19.8 Å². The monoisotopic (exact) mass is 526 g/mol. The lowest BCUT2D eigenvalue weighted by atomic mass is 10.1. The number of anilines is 2. The van der Waals surface area contributed by atoms with Crippen LogP contribution < -0.4 is 15.0 Å². The quantitative estimate of drug-likeness (QED) is 0.385. The molecule has 4 rings (SSSR count). The van der Waals surface area contributed by atoms with Gasteiger partial charge in [0.25, 0.3) is 5.91 Å². The van der Waals surface area contributed by atoms with Crippen molar-refractivity contribution in [1.82, 2.24) is 0 Å². The van der Waals surface area contributed by atoms with Gasteiger partial charge in [0.05, 0.1) is 21.7 Å². The largest absolute Gasteiger partial charge is 0.457 e. The van der Waals surface area contributed by atoms with E-state index in [1.54, 1.807) is 42.5 Å². The highest BCUT2D eigenvalue weighted by Gasteiger charge is 2.36. The number of amides is 2. The first kappa shape index (κ1) is 25.5. The molecule has 2 amide bonds. The van der Waals surface area contributed by atoms with Crippen LogP contribution >= 0.6 is 23.2 Å². The van der Waals surface area contributed by atoms with Gasteiger partial charge in [-0.15, -0.1) is 0 Å². The van der Waals surface area contributed by atoms with Crippen molar-refractivity contribution >= 4 is 52.4 Å². The summed E-state index contributed by atoms with van der Waals surface area (Å²) in [5, 5.41) is 3.04. The second kappa shape index (κ2) is 11.0. The minimum absolute atomic E-state index is 0.00146. The second-order valence-corrected chi connectivity index (χ2v) is 9.29. The Morgan fingerprint density at radius 1 is 1.00 bits per heavy atom. The molecular weight excluding hydrogens is 503 g/mol. The van der Waals surface area contributed by atoms with E-state index in [-0.39, 0.29) is 23.9 Å². The fraction of sp³-hybridized carbons (Fsp3) is 0.222. The van der Waals surface area contributed by atoms with Crippen LogP contribution in [-0.2, 0) is 19.1 Å². The van der Waals surface area contributed by atoms with E-state index in [1.807, 2.05) is 32.0 Å². The van der Waals surface area contributed by atoms with Crippen LogP contribution in [0.4, 0.5) is 11.4 Å². The van der Waals surface area contributed by atoms with E-state index in [0.29, 0.717) is 22.1 Å². The third-order valence-corrected chi connectivity index (χ3v) is 6.71. The topological polar surface area (TPSA) is 84.9 Å². The van der Waals surface area contributed by atoms with Gasteiger partial charge < -0.3 is 19.7 Å². The summed E-state index contributed by atoms with van der Waals surface area (Å²) in [4.78, 5) is 38.8. The van der Waals surface area contributed by atoms with Gasteiger partial charge in [-0.3, -0.25) is 14.4 Å². The Hall–Kier alpha value is -3.55. The Bertz CT molecular complexity index is 1310. The molecule has 0 aromatic heterocycles. The predicted molar refractivity (Wildman–Crippen MR) is 139 cm³/mol. The SMILES string of the molecule is Cc1ccc(Oc2ccc(N3C[C@H](C(=O)OCC(=O)Nc4cccc(Cl)c4Cl)CC3=O)cc2)cc1C. The lowest BCUT2D eigenvalue weighted by Crippen LogP contribution is -2.28. The third-order valence-electron chi connectivity index (χ3n) is 5.89. The first-order valence-corrected chi connectivity index (χ1v) is 12.0. The maximum Gasteiger partial charge on any atom is 0.311 e. The van der Waals surface area contributed by atoms with Gasteiger partial charge in [-0.2, -0.15) is 0 Å². The second-order valence-electron chi connectivity index (χ2n) is 8.50. The smallest absolute Gasteiger partial charge is 0.311 e. The van der Waals surface area contributed by atoms with Gasteiger partial charge in [0.2, 0.25) is 5.91 Å². The van der Waals surface area contributed by atoms with Crippen LogP contribution in [0.3, 0.4) is 0 Å². The Labute approximate surface area is 218 Å². The molecule has 1 fully saturated rings. The van der Waals surface area contributed by atoms with Crippen LogP contribution in [0.25, 0.3) is 0 Å². The van der Waals surface area contributed by atoms with Crippen molar-refractivity contribution in [2.75, 3.05) is 23.4 Å². The number of hydrogen-bond acceptors (Lipinski definition) is 5. The van der Waals surface area contributed by atoms with Gasteiger partial charge in [-0.05, 0) is 73.5 Å². The lowest BCUT2D eigenvalue weighted by Gasteiger charge is -2.17. The zero-order chi connectivity index (χ0) is 25.8. The number of benzene rings is 3. The minimum atomic E-state index is -0.675. The normalized spacial score (nSPS) is 15.1. The van der Waals surface area contributed by atoms with Crippen LogP contribution in [0.15, 0.2) is 60.7 Å². The first-order valence-electron chi connectivity index (χ1n) is 11.3. The Morgan fingerprint density at radius 3 is 2.44 bits per heavy atom. The molecule has 186 valence electrons. The minimum Gasteiger partial charge on any atom is -0.457 e. The summed E-state index contributed by atoms with van der Waals surface area (Å²) in [5.74, 6) is -0.689. The average molecular weight is 527 g/mol. The fourth-order valence-corrected chi connectivity index (χ4v) is 4.11. The molecule has 0 spiro atoms. The number of esters is 1. The number of carbonyl (C=O) groups excluding carboxylic acids is 3. The van der Waals surface area contributed by atoms with E-state index in [1.165, 1.54) is 10.5 Å². The summed E-state index contributed by atoms with van der Waals surface area (Å²) >= 11 is 12.0. The standard InChI is InChI=1S/C27H24Cl2N2O5/c1-16-6-9-21(12-17(16)2)36-20-10-7-19(8-11-20)31-14-18(13-25(31)33)27(34)35-15-24(32)30-23-5-3-4-22(28)26(23)29/h3-12,18H,13-15H2,1-2H3,(H,30,32)/t18-/m1/s1. The molecule has 3 aromatic carbocycles. The summed E-state index contributed by atoms with van der Waals surface area (Å²) in [7, 11) is 0. The molecule has 3 aromatic rings. The molecule has 0 radical (unpaired) electrons. The summed E-state index contributed by atoms with van der Waals surface area (Å²) < 4.78 is 11.0. The van der Waals surface area contributed by atoms with E-state index in [0.717, 1.165) is 11.3 Å². The highest BCUT2D eigenvalue weighted by molar-refractivity contribution is 6.44. The molecule has 0 saturated carbocycles. The number of nitrogens with zero attached hydrogens (tertiary/aromatic N) is 1. The van der Waals surface area contributed by atoms with Crippen LogP contribution in [0.2, 0.25) is 10.0 Å². The van der Waals surface area contributed by atoms with Crippen molar-refractivity contribution in [3.8, 4) is 11.5 Å². The lowest BCUT2D eigenvalue weighted by molar-refractivity contribution is -0.151. The van der Waals surface area contributed by atoms with Gasteiger partial charge in [-0.1, -0.05) is 35.3 Å². The summed E-state index contributed by atoms with van der Waals surface area (Å²) in [6.45, 7) is 3.72. The van der Waals surface area contributed by atoms with Crippen molar-refractivity contribution in [2.24, 2.45) is 5.92 Å². The molecule has 36 heavy (non-hydrogen) atoms. The van der Waals surface area contributed by atoms with Crippen LogP contribution in [-0.4, -0.2) is 30.9 Å². The maximum absolute atomic E-state index is 12.6. The van der Waals surface area contributed by atoms with E-state index in [9.17, 15) is 14.4 Å². The molecule has 0 unspecified atom stereocenters. The van der Waals surface area contributed by atoms with Gasteiger partial charge in [0.15, 0.2) is 6.61 Å². The molecule has 7 nitrogen and oxygen atoms in total. The highest BCUT2D eigenvalue weighted by Crippen LogP contribution is 2.31. The summed E-state index contributed by atoms with van der Waals surface area (Å²) in [6, 6.07) is 17.8. The van der Waals surface area contributed by atoms with E-state index >= 15 is 0 Å². The van der Waals surface area contributed by atoms with Gasteiger partial charge in [-0.25, -0.2) is 0 Å². The molecule has 9 heteroatoms. The Morgan fingerprint density at radius 2 is 1.72 bits per heavy atom. The zero-order valence-electron chi connectivity index (χ0n) is 19.7. The van der Waals surface area contributed by atoms with Crippen molar-refractivity contribution in [1.29, 1.82) is 0 Å². The molecule has 1 aliphatic rings. The number of nitrogens with one attached hydrogen (secondary N) is 1. The van der Waals surface area contributed by atoms with E-state index in [4.69, 9.17) is 32.7 Å². The molecule has 1 aliphatic heterocycles. The average Bonchev–Trinajstić information content (AvgIpc) is 3.25. The maximum atomic E-state index is 12.6. The van der Waals surface area contributed by atoms with E-state index < -0.39 is 24.4 Å². The number of aryl methyl sites for hydroxylation is 2. The highest BCUT2D eigenvalue weighted by atomic mass is 35.5. The Balaban J connectivity index is 1.30. The van der Waals surface area contributed by atoms with Crippen molar-refractivity contribution in [3.05, 3.63) is 81.8 Å². The molecule has 1 atom stereocenters. The van der Waals surface area contributed by atoms with Crippen molar-refractivity contribution in [2.45, 2.75) is 20.3 Å². The fourth-order valence-electron chi connectivity index (χ4n) is 3.76. The van der Waals surface area contributed by atoms with Crippen LogP contribution in [0.5, 0.6) is 11.5 Å². The van der Waals surface area contributed by atoms with Gasteiger partial charge in [0, 0.05) is 18.7 Å². The molecule has 1 heterocycles. The number of carbonyl (C=O) groups is 3. The van der Waals surface area contributed by atoms with Gasteiger partial charge >= 0.3 is 5.97 Å². The number of ether oxygens (including phenoxy) is 2. The van der Waals surface area contributed by atoms with Gasteiger partial charge in [0.1, 0.15) is 11.5 Å². The third kappa shape index (κ3) is 5.98. The van der Waals surface area contributed by atoms with E-state index in [2.05, 4.69) is 5.32 Å². The molecule has 0 bridgehead atoms.